The molecule has 1 N–H and O–H groups in total. The van der Waals surface area contributed by atoms with Crippen LogP contribution >= 0.6 is 0 Å². The second kappa shape index (κ2) is 5.32. The van der Waals surface area contributed by atoms with Crippen molar-refractivity contribution in [3.05, 3.63) is 11.6 Å². The van der Waals surface area contributed by atoms with Crippen LogP contribution in [0, 0.1) is 22.7 Å². The van der Waals surface area contributed by atoms with Gasteiger partial charge in [0, 0.05) is 25.2 Å². The third-order valence-electron chi connectivity index (χ3n) is 6.17. The molecule has 1 spiro atoms. The largest absolute Gasteiger partial charge is 0.478 e. The summed E-state index contributed by atoms with van der Waals surface area (Å²) < 4.78 is 17.2. The summed E-state index contributed by atoms with van der Waals surface area (Å²) in [5, 5.41) is 9.65. The molecule has 0 aromatic carbocycles. The Morgan fingerprint density at radius 1 is 1.32 bits per heavy atom. The maximum Gasteiger partial charge on any atom is 0.331 e. The molecular formula is C17H26O5. The highest BCUT2D eigenvalue weighted by atomic mass is 16.8. The lowest BCUT2D eigenvalue weighted by Gasteiger charge is -2.56. The Kier molecular flexibility index (Phi) is 3.86. The van der Waals surface area contributed by atoms with Gasteiger partial charge in [-0.15, -0.1) is 0 Å². The fraction of sp³-hybridized carbons (Fsp3) is 0.824. The Balaban J connectivity index is 2.15. The summed E-state index contributed by atoms with van der Waals surface area (Å²) in [7, 11) is 3.22. The summed E-state index contributed by atoms with van der Waals surface area (Å²) >= 11 is 0. The maximum atomic E-state index is 11.8. The zero-order valence-corrected chi connectivity index (χ0v) is 13.8. The number of carbonyl (C=O) groups is 1. The van der Waals surface area contributed by atoms with E-state index in [4.69, 9.17) is 14.2 Å². The number of methoxy groups -OCH3 is 2. The second-order valence-electron chi connectivity index (χ2n) is 7.49. The summed E-state index contributed by atoms with van der Waals surface area (Å²) in [6.45, 7) is 4.56. The second-order valence-corrected chi connectivity index (χ2v) is 7.49. The molecule has 1 aliphatic heterocycles. The third-order valence-corrected chi connectivity index (χ3v) is 6.17. The highest BCUT2D eigenvalue weighted by molar-refractivity contribution is 5.88. The van der Waals surface area contributed by atoms with Crippen LogP contribution in [0.1, 0.15) is 39.5 Å². The van der Waals surface area contributed by atoms with Crippen molar-refractivity contribution in [2.24, 2.45) is 22.7 Å². The van der Waals surface area contributed by atoms with Crippen LogP contribution in [-0.2, 0) is 19.0 Å². The molecule has 124 valence electrons. The van der Waals surface area contributed by atoms with E-state index >= 15 is 0 Å². The normalized spacial score (nSPS) is 43.2. The van der Waals surface area contributed by atoms with Gasteiger partial charge >= 0.3 is 5.97 Å². The number of carboxylic acid groups (broad SMARTS) is 1. The topological polar surface area (TPSA) is 65.0 Å². The molecule has 1 saturated heterocycles. The molecular weight excluding hydrogens is 284 g/mol. The smallest absolute Gasteiger partial charge is 0.331 e. The molecule has 22 heavy (non-hydrogen) atoms. The molecule has 5 atom stereocenters. The minimum absolute atomic E-state index is 0.139. The Bertz CT molecular complexity index is 497. The number of rotatable bonds is 3. The first-order chi connectivity index (χ1) is 10.4. The molecule has 0 aromatic heterocycles. The molecule has 3 rings (SSSR count). The van der Waals surface area contributed by atoms with Crippen LogP contribution < -0.4 is 0 Å². The standard InChI is InChI=1S/C17H26O5/c1-16(2)8-5-9-17-11(16)7-6-10(13(18)19)12(17)14(20-3)22-15(17)21-4/h6,11-12,14-15H,5,7-9H2,1-4H3,(H,18,19)/t11-,12+,14-,15-,17+/m0/s1. The number of hydrogen-bond donors (Lipinski definition) is 1. The molecule has 0 amide bonds. The quantitative estimate of drug-likeness (QED) is 0.868. The summed E-state index contributed by atoms with van der Waals surface area (Å²) in [5.41, 5.74) is 0.264. The van der Waals surface area contributed by atoms with Gasteiger partial charge in [-0.05, 0) is 30.6 Å². The SMILES string of the molecule is CO[C@H]1O[C@H](OC)[C@]23CCCC(C)(C)[C@@H]2CC=C(C(=O)O)[C@H]13. The van der Waals surface area contributed by atoms with Crippen molar-refractivity contribution < 1.29 is 24.1 Å². The minimum Gasteiger partial charge on any atom is -0.478 e. The Morgan fingerprint density at radius 3 is 2.64 bits per heavy atom. The van der Waals surface area contributed by atoms with Crippen molar-refractivity contribution in [3.63, 3.8) is 0 Å². The van der Waals surface area contributed by atoms with E-state index in [1.807, 2.05) is 6.08 Å². The average molecular weight is 310 g/mol. The van der Waals surface area contributed by atoms with Crippen molar-refractivity contribution in [2.45, 2.75) is 52.1 Å². The van der Waals surface area contributed by atoms with E-state index in [0.29, 0.717) is 11.5 Å². The lowest BCUT2D eigenvalue weighted by Crippen LogP contribution is -2.55. The van der Waals surface area contributed by atoms with Crippen LogP contribution in [0.3, 0.4) is 0 Å². The first-order valence-corrected chi connectivity index (χ1v) is 8.03. The number of allylic oxidation sites excluding steroid dienone is 1. The van der Waals surface area contributed by atoms with Crippen LogP contribution in [0.5, 0.6) is 0 Å². The van der Waals surface area contributed by atoms with Gasteiger partial charge in [-0.3, -0.25) is 0 Å². The van der Waals surface area contributed by atoms with Crippen molar-refractivity contribution in [1.82, 2.24) is 0 Å². The highest BCUT2D eigenvalue weighted by Crippen LogP contribution is 2.65. The Labute approximate surface area is 131 Å². The maximum absolute atomic E-state index is 11.8. The van der Waals surface area contributed by atoms with Gasteiger partial charge in [0.15, 0.2) is 12.6 Å². The molecule has 5 nitrogen and oxygen atoms in total. The molecule has 5 heteroatoms. The van der Waals surface area contributed by atoms with Crippen LogP contribution in [0.15, 0.2) is 11.6 Å². The van der Waals surface area contributed by atoms with E-state index in [2.05, 4.69) is 13.8 Å². The van der Waals surface area contributed by atoms with E-state index < -0.39 is 18.5 Å². The summed E-state index contributed by atoms with van der Waals surface area (Å²) in [5.74, 6) is -0.793. The first-order valence-electron chi connectivity index (χ1n) is 8.03. The molecule has 0 unspecified atom stereocenters. The predicted octanol–water partition coefficient (Wildman–Crippen LogP) is 2.81. The highest BCUT2D eigenvalue weighted by Gasteiger charge is 2.67. The van der Waals surface area contributed by atoms with Gasteiger partial charge in [-0.2, -0.15) is 0 Å². The number of hydrogen-bond acceptors (Lipinski definition) is 4. The predicted molar refractivity (Wildman–Crippen MR) is 80.1 cm³/mol. The Hall–Kier alpha value is -0.910. The fourth-order valence-corrected chi connectivity index (χ4v) is 5.34. The van der Waals surface area contributed by atoms with Crippen LogP contribution in [0.2, 0.25) is 0 Å². The van der Waals surface area contributed by atoms with Crippen LogP contribution in [-0.4, -0.2) is 37.9 Å². The van der Waals surface area contributed by atoms with Crippen molar-refractivity contribution in [2.75, 3.05) is 14.2 Å². The van der Waals surface area contributed by atoms with E-state index in [0.717, 1.165) is 25.7 Å². The van der Waals surface area contributed by atoms with Gasteiger partial charge in [-0.1, -0.05) is 26.3 Å². The molecule has 1 heterocycles. The van der Waals surface area contributed by atoms with Gasteiger partial charge in [-0.25, -0.2) is 4.79 Å². The Morgan fingerprint density at radius 2 is 2.05 bits per heavy atom. The zero-order valence-electron chi connectivity index (χ0n) is 13.8. The molecule has 0 radical (unpaired) electrons. The number of carboxylic acids is 1. The first kappa shape index (κ1) is 16.0. The summed E-state index contributed by atoms with van der Waals surface area (Å²) in [4.78, 5) is 11.8. The zero-order chi connectivity index (χ0) is 16.1. The van der Waals surface area contributed by atoms with Crippen molar-refractivity contribution >= 4 is 5.97 Å². The minimum atomic E-state index is -0.867. The van der Waals surface area contributed by atoms with Gasteiger partial charge in [0.1, 0.15) is 0 Å². The monoisotopic (exact) mass is 310 g/mol. The van der Waals surface area contributed by atoms with Crippen LogP contribution in [0.4, 0.5) is 0 Å². The summed E-state index contributed by atoms with van der Waals surface area (Å²) in [6.07, 6.45) is 4.83. The van der Waals surface area contributed by atoms with Crippen molar-refractivity contribution in [3.8, 4) is 0 Å². The molecule has 3 aliphatic rings. The summed E-state index contributed by atoms with van der Waals surface area (Å²) in [6, 6.07) is 0. The van der Waals surface area contributed by atoms with Gasteiger partial charge in [0.05, 0.1) is 5.92 Å². The van der Waals surface area contributed by atoms with Gasteiger partial charge < -0.3 is 19.3 Å². The number of aliphatic carboxylic acids is 1. The van der Waals surface area contributed by atoms with Gasteiger partial charge in [0.25, 0.3) is 0 Å². The van der Waals surface area contributed by atoms with Crippen molar-refractivity contribution in [1.29, 1.82) is 0 Å². The molecule has 2 aliphatic carbocycles. The number of ether oxygens (including phenoxy) is 3. The average Bonchev–Trinajstić information content (AvgIpc) is 2.79. The van der Waals surface area contributed by atoms with Crippen LogP contribution in [0.25, 0.3) is 0 Å². The molecule has 0 bridgehead atoms. The van der Waals surface area contributed by atoms with Gasteiger partial charge in [0.2, 0.25) is 0 Å². The third kappa shape index (κ3) is 1.99. The lowest BCUT2D eigenvalue weighted by molar-refractivity contribution is -0.222. The van der Waals surface area contributed by atoms with E-state index in [1.165, 1.54) is 0 Å². The van der Waals surface area contributed by atoms with E-state index in [-0.39, 0.29) is 16.7 Å². The molecule has 0 aromatic rings. The van der Waals surface area contributed by atoms with E-state index in [1.54, 1.807) is 14.2 Å². The molecule has 2 fully saturated rings. The fourth-order valence-electron chi connectivity index (χ4n) is 5.34. The lowest BCUT2D eigenvalue weighted by atomic mass is 9.48. The molecule has 1 saturated carbocycles. The van der Waals surface area contributed by atoms with E-state index in [9.17, 15) is 9.90 Å².